The molecule has 0 saturated carbocycles. The van der Waals surface area contributed by atoms with Crippen molar-refractivity contribution in [1.29, 1.82) is 0 Å². The van der Waals surface area contributed by atoms with E-state index in [2.05, 4.69) is 71.8 Å². The fraction of sp³-hybridized carbons (Fsp3) is 0.682. The van der Waals surface area contributed by atoms with Crippen LogP contribution in [0, 0.1) is 0 Å². The lowest BCUT2D eigenvalue weighted by Gasteiger charge is -2.25. The highest BCUT2D eigenvalue weighted by atomic mass is 127. The molecule has 1 aromatic rings. The second-order valence-electron chi connectivity index (χ2n) is 7.44. The first-order valence-electron chi connectivity index (χ1n) is 10.6. The second kappa shape index (κ2) is 15.9. The van der Waals surface area contributed by atoms with E-state index in [1.54, 1.807) is 0 Å². The van der Waals surface area contributed by atoms with Gasteiger partial charge in [-0.15, -0.1) is 24.0 Å². The average Bonchev–Trinajstić information content (AvgIpc) is 3.22. The maximum Gasteiger partial charge on any atom is 0.191 e. The smallest absolute Gasteiger partial charge is 0.191 e. The first-order chi connectivity index (χ1) is 13.7. The Kier molecular flexibility index (Phi) is 14.3. The Morgan fingerprint density at radius 3 is 2.79 bits per heavy atom. The van der Waals surface area contributed by atoms with Crippen molar-refractivity contribution in [1.82, 2.24) is 15.5 Å². The van der Waals surface area contributed by atoms with Crippen molar-refractivity contribution < 1.29 is 9.47 Å². The van der Waals surface area contributed by atoms with E-state index in [-0.39, 0.29) is 30.1 Å². The fourth-order valence-electron chi connectivity index (χ4n) is 3.14. The molecule has 1 aliphatic rings. The van der Waals surface area contributed by atoms with Gasteiger partial charge in [-0.3, -0.25) is 9.89 Å². The number of benzene rings is 1. The number of hydrogen-bond donors (Lipinski definition) is 2. The predicted octanol–water partition coefficient (Wildman–Crippen LogP) is 3.27. The summed E-state index contributed by atoms with van der Waals surface area (Å²) >= 11 is 0. The van der Waals surface area contributed by atoms with Crippen molar-refractivity contribution in [3.63, 3.8) is 0 Å². The highest BCUT2D eigenvalue weighted by molar-refractivity contribution is 14.0. The van der Waals surface area contributed by atoms with Gasteiger partial charge in [-0.05, 0) is 45.7 Å². The van der Waals surface area contributed by atoms with Gasteiger partial charge in [0, 0.05) is 45.4 Å². The molecule has 1 saturated heterocycles. The lowest BCUT2D eigenvalue weighted by atomic mass is 10.1. The maximum absolute atomic E-state index is 5.79. The molecule has 0 amide bonds. The second-order valence-corrected chi connectivity index (χ2v) is 7.44. The van der Waals surface area contributed by atoms with Crippen molar-refractivity contribution in [2.24, 2.45) is 4.99 Å². The largest absolute Gasteiger partial charge is 0.379 e. The number of ether oxygens (including phenoxy) is 2. The number of hydrogen-bond acceptors (Lipinski definition) is 4. The Morgan fingerprint density at radius 1 is 1.31 bits per heavy atom. The van der Waals surface area contributed by atoms with E-state index in [0.29, 0.717) is 6.04 Å². The molecule has 2 rings (SSSR count). The summed E-state index contributed by atoms with van der Waals surface area (Å²) in [5, 5.41) is 6.78. The Morgan fingerprint density at radius 2 is 2.10 bits per heavy atom. The van der Waals surface area contributed by atoms with Gasteiger partial charge in [0.05, 0.1) is 12.7 Å². The van der Waals surface area contributed by atoms with Crippen LogP contribution in [0.1, 0.15) is 38.7 Å². The van der Waals surface area contributed by atoms with Crippen LogP contribution in [0.5, 0.6) is 0 Å². The van der Waals surface area contributed by atoms with Crippen molar-refractivity contribution in [2.75, 3.05) is 46.5 Å². The van der Waals surface area contributed by atoms with Gasteiger partial charge in [0.2, 0.25) is 0 Å². The molecule has 0 aromatic heterocycles. The Balaban J connectivity index is 0.00000420. The van der Waals surface area contributed by atoms with Crippen LogP contribution >= 0.6 is 24.0 Å². The quantitative estimate of drug-likeness (QED) is 0.193. The molecule has 0 spiro atoms. The van der Waals surface area contributed by atoms with E-state index < -0.39 is 0 Å². The molecule has 0 bridgehead atoms. The number of rotatable bonds is 12. The molecule has 0 aliphatic carbocycles. The van der Waals surface area contributed by atoms with E-state index in [4.69, 9.17) is 9.47 Å². The van der Waals surface area contributed by atoms with Gasteiger partial charge in [-0.25, -0.2) is 0 Å². The number of aliphatic imine (C=N–C) groups is 1. The summed E-state index contributed by atoms with van der Waals surface area (Å²) < 4.78 is 11.1. The average molecular weight is 518 g/mol. The van der Waals surface area contributed by atoms with E-state index in [9.17, 15) is 0 Å². The Bertz CT molecular complexity index is 553. The molecule has 1 aromatic carbocycles. The summed E-state index contributed by atoms with van der Waals surface area (Å²) in [4.78, 5) is 7.05. The monoisotopic (exact) mass is 518 g/mol. The van der Waals surface area contributed by atoms with Gasteiger partial charge in [-0.2, -0.15) is 0 Å². The van der Waals surface area contributed by atoms with Gasteiger partial charge in [0.25, 0.3) is 0 Å². The molecule has 1 fully saturated rings. The zero-order chi connectivity index (χ0) is 20.0. The predicted molar refractivity (Wildman–Crippen MR) is 131 cm³/mol. The van der Waals surface area contributed by atoms with Gasteiger partial charge >= 0.3 is 0 Å². The van der Waals surface area contributed by atoms with Crippen LogP contribution < -0.4 is 10.6 Å². The van der Waals surface area contributed by atoms with E-state index >= 15 is 0 Å². The maximum atomic E-state index is 5.79. The highest BCUT2D eigenvalue weighted by Crippen LogP contribution is 2.09. The summed E-state index contributed by atoms with van der Waals surface area (Å²) in [5.41, 5.74) is 1.35. The SMILES string of the molecule is CCNC(=NCCCOC1CCOC1)NCCC(C)N(C)Cc1ccccc1.I. The van der Waals surface area contributed by atoms with Crippen LogP contribution in [-0.4, -0.2) is 69.5 Å². The van der Waals surface area contributed by atoms with E-state index in [1.165, 1.54) is 5.56 Å². The normalized spacial score (nSPS) is 17.8. The fourth-order valence-corrected chi connectivity index (χ4v) is 3.14. The lowest BCUT2D eigenvalue weighted by Crippen LogP contribution is -2.40. The molecule has 2 atom stereocenters. The number of guanidine groups is 1. The molecule has 6 nitrogen and oxygen atoms in total. The van der Waals surface area contributed by atoms with E-state index in [0.717, 1.165) is 71.2 Å². The van der Waals surface area contributed by atoms with Crippen LogP contribution in [0.4, 0.5) is 0 Å². The first kappa shape index (κ1) is 26.1. The van der Waals surface area contributed by atoms with Crippen LogP contribution in [0.2, 0.25) is 0 Å². The minimum Gasteiger partial charge on any atom is -0.379 e. The minimum absolute atomic E-state index is 0. The molecular weight excluding hydrogens is 479 g/mol. The van der Waals surface area contributed by atoms with Gasteiger partial charge in [0.1, 0.15) is 0 Å². The summed E-state index contributed by atoms with van der Waals surface area (Å²) in [5.74, 6) is 0.893. The lowest BCUT2D eigenvalue weighted by molar-refractivity contribution is 0.0424. The van der Waals surface area contributed by atoms with Crippen LogP contribution in [-0.2, 0) is 16.0 Å². The third kappa shape index (κ3) is 11.2. The third-order valence-corrected chi connectivity index (χ3v) is 5.04. The molecule has 2 N–H and O–H groups in total. The van der Waals surface area contributed by atoms with Gasteiger partial charge in [0.15, 0.2) is 5.96 Å². The number of halogens is 1. The van der Waals surface area contributed by atoms with Crippen LogP contribution in [0.25, 0.3) is 0 Å². The van der Waals surface area contributed by atoms with Crippen molar-refractivity contribution >= 4 is 29.9 Å². The summed E-state index contributed by atoms with van der Waals surface area (Å²) in [6, 6.07) is 11.1. The molecule has 166 valence electrons. The van der Waals surface area contributed by atoms with Crippen LogP contribution in [0.15, 0.2) is 35.3 Å². The molecule has 0 radical (unpaired) electrons. The Labute approximate surface area is 193 Å². The number of nitrogens with one attached hydrogen (secondary N) is 2. The zero-order valence-electron chi connectivity index (χ0n) is 18.2. The van der Waals surface area contributed by atoms with Crippen molar-refractivity contribution in [3.8, 4) is 0 Å². The molecule has 1 heterocycles. The third-order valence-electron chi connectivity index (χ3n) is 5.04. The summed E-state index contributed by atoms with van der Waals surface area (Å²) in [7, 11) is 2.19. The molecule has 7 heteroatoms. The first-order valence-corrected chi connectivity index (χ1v) is 10.6. The number of nitrogens with zero attached hydrogens (tertiary/aromatic N) is 2. The Hall–Kier alpha value is -0.900. The van der Waals surface area contributed by atoms with Gasteiger partial charge < -0.3 is 20.1 Å². The minimum atomic E-state index is 0. The molecule has 1 aliphatic heterocycles. The van der Waals surface area contributed by atoms with E-state index in [1.807, 2.05) is 0 Å². The standard InChI is InChI=1S/C22H38N4O2.HI/c1-4-23-22(24-13-8-15-28-21-12-16-27-18-21)25-14-11-19(2)26(3)17-20-9-6-5-7-10-20;/h5-7,9-10,19,21H,4,8,11-18H2,1-3H3,(H2,23,24,25);1H. The molecule has 29 heavy (non-hydrogen) atoms. The van der Waals surface area contributed by atoms with Crippen LogP contribution in [0.3, 0.4) is 0 Å². The van der Waals surface area contributed by atoms with Gasteiger partial charge in [-0.1, -0.05) is 30.3 Å². The molecule has 2 unspecified atom stereocenters. The van der Waals surface area contributed by atoms with Crippen molar-refractivity contribution in [2.45, 2.75) is 51.8 Å². The topological polar surface area (TPSA) is 58.1 Å². The highest BCUT2D eigenvalue weighted by Gasteiger charge is 2.15. The van der Waals surface area contributed by atoms with Crippen molar-refractivity contribution in [3.05, 3.63) is 35.9 Å². The zero-order valence-corrected chi connectivity index (χ0v) is 20.6. The summed E-state index contributed by atoms with van der Waals surface area (Å²) in [6.07, 6.45) is 3.30. The molecular formula is C22H39IN4O2. The summed E-state index contributed by atoms with van der Waals surface area (Å²) in [6.45, 7) is 10.2.